The van der Waals surface area contributed by atoms with Crippen LogP contribution in [0.2, 0.25) is 0 Å². The summed E-state index contributed by atoms with van der Waals surface area (Å²) in [6.07, 6.45) is 0. The third-order valence-electron chi connectivity index (χ3n) is 3.04. The molecule has 0 saturated carbocycles. The molecule has 0 N–H and O–H groups in total. The number of allylic oxidation sites excluding steroid dienone is 4. The van der Waals surface area contributed by atoms with E-state index in [-0.39, 0.29) is 21.1 Å². The van der Waals surface area contributed by atoms with Crippen molar-refractivity contribution in [2.75, 3.05) is 0 Å². The van der Waals surface area contributed by atoms with Crippen molar-refractivity contribution in [1.29, 1.82) is 0 Å². The standard InChI is InChI=1S/C10H16.2CO.Mo/c1-6-7(2)9(4)10(5)8(6)3;2*1-2;/h6H,1-5H3;;;. The number of rotatable bonds is 0. The summed E-state index contributed by atoms with van der Waals surface area (Å²) in [6.45, 7) is 20.2. The molecule has 0 atom stereocenters. The molecule has 0 bridgehead atoms. The van der Waals surface area contributed by atoms with E-state index in [4.69, 9.17) is 9.30 Å². The van der Waals surface area contributed by atoms with Gasteiger partial charge in [-0.05, 0) is 44.8 Å². The minimum atomic E-state index is 0. The van der Waals surface area contributed by atoms with E-state index in [0.29, 0.717) is 5.92 Å². The molecule has 0 aromatic carbocycles. The maximum absolute atomic E-state index is 7.50. The van der Waals surface area contributed by atoms with Gasteiger partial charge in [0.2, 0.25) is 0 Å². The molecule has 0 aromatic rings. The minimum Gasteiger partial charge on any atom is 0 e. The first kappa shape index (κ1) is 20.1. The van der Waals surface area contributed by atoms with Gasteiger partial charge in [-0.15, -0.1) is 0 Å². The van der Waals surface area contributed by atoms with Gasteiger partial charge in [0.05, 0.1) is 0 Å². The van der Waals surface area contributed by atoms with E-state index in [9.17, 15) is 0 Å². The predicted molar refractivity (Wildman–Crippen MR) is 53.8 cm³/mol. The van der Waals surface area contributed by atoms with Gasteiger partial charge in [-0.1, -0.05) is 18.1 Å². The third-order valence-corrected chi connectivity index (χ3v) is 3.04. The number of hydrogen-bond donors (Lipinski definition) is 0. The SMILES string of the molecule is CC1=C(C)C(C)C(C)=C1C.[C-]#[O+].[C-]#[O+].[Mo]. The van der Waals surface area contributed by atoms with Gasteiger partial charge >= 0.3 is 22.6 Å². The maximum atomic E-state index is 7.50. The van der Waals surface area contributed by atoms with Crippen molar-refractivity contribution in [2.45, 2.75) is 34.6 Å². The van der Waals surface area contributed by atoms with Crippen LogP contribution in [-0.2, 0) is 30.4 Å². The summed E-state index contributed by atoms with van der Waals surface area (Å²) in [5.74, 6) is 0.694. The first-order valence-corrected chi connectivity index (χ1v) is 4.31. The Morgan fingerprint density at radius 1 is 0.800 bits per heavy atom. The first-order chi connectivity index (χ1) is 6.55. The van der Waals surface area contributed by atoms with Crippen molar-refractivity contribution in [2.24, 2.45) is 5.92 Å². The molecule has 0 radical (unpaired) electrons. The van der Waals surface area contributed by atoms with E-state index in [2.05, 4.69) is 47.9 Å². The zero-order valence-electron chi connectivity index (χ0n) is 9.80. The van der Waals surface area contributed by atoms with Gasteiger partial charge in [-0.25, -0.2) is 0 Å². The molecule has 0 saturated heterocycles. The van der Waals surface area contributed by atoms with E-state index in [1.807, 2.05) is 0 Å². The topological polar surface area (TPSA) is 39.8 Å². The summed E-state index contributed by atoms with van der Waals surface area (Å²) < 4.78 is 15.0. The molecule has 0 aromatic heterocycles. The fourth-order valence-electron chi connectivity index (χ4n) is 1.57. The van der Waals surface area contributed by atoms with Gasteiger partial charge in [0, 0.05) is 21.1 Å². The molecule has 1 aliphatic rings. The molecular formula is C12H16MoO2. The zero-order chi connectivity index (χ0) is 11.9. The summed E-state index contributed by atoms with van der Waals surface area (Å²) in [5.41, 5.74) is 6.11. The summed E-state index contributed by atoms with van der Waals surface area (Å²) in [5, 5.41) is 0. The van der Waals surface area contributed by atoms with Crippen LogP contribution in [0.15, 0.2) is 22.3 Å². The molecule has 0 amide bonds. The third kappa shape index (κ3) is 4.80. The van der Waals surface area contributed by atoms with Crippen LogP contribution < -0.4 is 0 Å². The largest absolute Gasteiger partial charge is 0 e. The Balaban J connectivity index is -0.000000258. The Morgan fingerprint density at radius 2 is 1.00 bits per heavy atom. The Labute approximate surface area is 107 Å². The van der Waals surface area contributed by atoms with Crippen molar-refractivity contribution in [1.82, 2.24) is 0 Å². The zero-order valence-corrected chi connectivity index (χ0v) is 11.8. The fourth-order valence-corrected chi connectivity index (χ4v) is 1.57. The van der Waals surface area contributed by atoms with Crippen LogP contribution in [0.3, 0.4) is 0 Å². The van der Waals surface area contributed by atoms with Crippen LogP contribution in [-0.4, -0.2) is 0 Å². The van der Waals surface area contributed by atoms with Gasteiger partial charge in [-0.2, -0.15) is 0 Å². The fraction of sp³-hybridized carbons (Fsp3) is 0.500. The van der Waals surface area contributed by atoms with Crippen LogP contribution in [0, 0.1) is 19.2 Å². The molecule has 0 aliphatic heterocycles. The van der Waals surface area contributed by atoms with Gasteiger partial charge in [0.25, 0.3) is 0 Å². The Morgan fingerprint density at radius 3 is 1.07 bits per heavy atom. The van der Waals surface area contributed by atoms with Crippen LogP contribution in [0.4, 0.5) is 0 Å². The van der Waals surface area contributed by atoms with Crippen molar-refractivity contribution in [3.63, 3.8) is 0 Å². The second-order valence-electron chi connectivity index (χ2n) is 3.34. The Kier molecular flexibility index (Phi) is 13.6. The molecule has 2 nitrogen and oxygen atoms in total. The van der Waals surface area contributed by atoms with Gasteiger partial charge in [-0.3, -0.25) is 0 Å². The molecule has 0 fully saturated rings. The molecule has 3 heteroatoms. The van der Waals surface area contributed by atoms with Gasteiger partial charge in [0.15, 0.2) is 0 Å². The Bertz CT molecular complexity index is 265. The molecule has 1 aliphatic carbocycles. The number of hydrogen-bond acceptors (Lipinski definition) is 0. The molecule has 0 spiro atoms. The molecule has 0 unspecified atom stereocenters. The van der Waals surface area contributed by atoms with E-state index in [0.717, 1.165) is 0 Å². The Hall–Kier alpha value is -0.352. The van der Waals surface area contributed by atoms with Crippen LogP contribution in [0.5, 0.6) is 0 Å². The van der Waals surface area contributed by atoms with Crippen LogP contribution in [0.25, 0.3) is 0 Å². The van der Waals surface area contributed by atoms with Crippen molar-refractivity contribution in [3.8, 4) is 0 Å². The smallest absolute Gasteiger partial charge is 0 e. The average Bonchev–Trinajstić information content (AvgIpc) is 2.42. The van der Waals surface area contributed by atoms with Crippen LogP contribution in [0.1, 0.15) is 34.6 Å². The summed E-state index contributed by atoms with van der Waals surface area (Å²) in [4.78, 5) is 0. The van der Waals surface area contributed by atoms with Crippen molar-refractivity contribution >= 4 is 0 Å². The maximum Gasteiger partial charge on any atom is 0 e. The molecule has 0 heterocycles. The van der Waals surface area contributed by atoms with Gasteiger partial charge in [0.1, 0.15) is 0 Å². The first-order valence-electron chi connectivity index (χ1n) is 4.31. The molecular weight excluding hydrogens is 272 g/mol. The van der Waals surface area contributed by atoms with E-state index < -0.39 is 0 Å². The van der Waals surface area contributed by atoms with Crippen molar-refractivity contribution < 1.29 is 30.4 Å². The predicted octanol–water partition coefficient (Wildman–Crippen LogP) is 3.23. The molecule has 15 heavy (non-hydrogen) atoms. The van der Waals surface area contributed by atoms with Gasteiger partial charge < -0.3 is 0 Å². The normalized spacial score (nSPS) is 14.5. The van der Waals surface area contributed by atoms with Crippen molar-refractivity contribution in [3.05, 3.63) is 35.6 Å². The summed E-state index contributed by atoms with van der Waals surface area (Å²) >= 11 is 0. The monoisotopic (exact) mass is 290 g/mol. The molecule has 82 valence electrons. The minimum absolute atomic E-state index is 0. The van der Waals surface area contributed by atoms with Crippen LogP contribution >= 0.6 is 0 Å². The second kappa shape index (κ2) is 10.2. The quantitative estimate of drug-likeness (QED) is 0.373. The summed E-state index contributed by atoms with van der Waals surface area (Å²) in [6, 6.07) is 0. The van der Waals surface area contributed by atoms with E-state index in [1.54, 1.807) is 11.1 Å². The summed E-state index contributed by atoms with van der Waals surface area (Å²) in [7, 11) is 0. The molecule has 1 rings (SSSR count). The average molecular weight is 288 g/mol. The second-order valence-corrected chi connectivity index (χ2v) is 3.34. The van der Waals surface area contributed by atoms with E-state index in [1.165, 1.54) is 11.1 Å². The van der Waals surface area contributed by atoms with E-state index >= 15 is 0 Å².